The molecule has 0 amide bonds. The Hall–Kier alpha value is -2.21. The molecule has 106 valence electrons. The molecule has 1 aromatic carbocycles. The fourth-order valence-corrected chi connectivity index (χ4v) is 1.96. The van der Waals surface area contributed by atoms with Crippen molar-refractivity contribution in [3.05, 3.63) is 46.8 Å². The van der Waals surface area contributed by atoms with Crippen LogP contribution in [0.5, 0.6) is 0 Å². The van der Waals surface area contributed by atoms with Crippen LogP contribution in [0.2, 0.25) is 0 Å². The third kappa shape index (κ3) is 3.42. The van der Waals surface area contributed by atoms with E-state index in [9.17, 15) is 0 Å². The first-order chi connectivity index (χ1) is 9.74. The highest BCUT2D eigenvalue weighted by Gasteiger charge is 2.15. The molecule has 0 fully saturated rings. The standard InChI is InChI=1S/C14H19N5O/c1-10-4-3-5-11(8-10)9-17-14(16-2)13-12(6-7-15)18-20-19-13/h3-5,8H,6-7,9,15H2,1-2H3,(H,16,17). The highest BCUT2D eigenvalue weighted by molar-refractivity contribution is 5.97. The molecule has 6 heteroatoms. The molecule has 1 heterocycles. The summed E-state index contributed by atoms with van der Waals surface area (Å²) in [6.45, 7) is 3.23. The summed E-state index contributed by atoms with van der Waals surface area (Å²) in [7, 11) is 1.71. The molecular formula is C14H19N5O. The average Bonchev–Trinajstić information content (AvgIpc) is 2.89. The smallest absolute Gasteiger partial charge is 0.172 e. The summed E-state index contributed by atoms with van der Waals surface area (Å²) in [4.78, 5) is 4.21. The molecule has 1 aromatic heterocycles. The molecule has 0 atom stereocenters. The van der Waals surface area contributed by atoms with Gasteiger partial charge in [0.15, 0.2) is 11.5 Å². The van der Waals surface area contributed by atoms with Crippen LogP contribution in [0.1, 0.15) is 22.5 Å². The number of aryl methyl sites for hydroxylation is 1. The van der Waals surface area contributed by atoms with E-state index >= 15 is 0 Å². The molecule has 6 nitrogen and oxygen atoms in total. The first-order valence-electron chi connectivity index (χ1n) is 6.52. The van der Waals surface area contributed by atoms with Crippen molar-refractivity contribution in [2.75, 3.05) is 13.6 Å². The van der Waals surface area contributed by atoms with Gasteiger partial charge in [0.05, 0.1) is 0 Å². The van der Waals surface area contributed by atoms with Gasteiger partial charge in [-0.1, -0.05) is 35.0 Å². The Labute approximate surface area is 118 Å². The number of hydrogen-bond acceptors (Lipinski definition) is 5. The molecule has 2 aromatic rings. The zero-order chi connectivity index (χ0) is 14.4. The highest BCUT2D eigenvalue weighted by atomic mass is 16.6. The maximum absolute atomic E-state index is 5.54. The average molecular weight is 273 g/mol. The predicted octanol–water partition coefficient (Wildman–Crippen LogP) is 1.05. The minimum absolute atomic E-state index is 0.496. The number of amidine groups is 1. The molecule has 2 rings (SSSR count). The number of aliphatic imine (C=N–C) groups is 1. The molecule has 0 saturated carbocycles. The lowest BCUT2D eigenvalue weighted by atomic mass is 10.1. The van der Waals surface area contributed by atoms with Crippen molar-refractivity contribution in [3.63, 3.8) is 0 Å². The van der Waals surface area contributed by atoms with Crippen molar-refractivity contribution >= 4 is 5.84 Å². The molecular weight excluding hydrogens is 254 g/mol. The van der Waals surface area contributed by atoms with E-state index in [1.807, 2.05) is 6.07 Å². The van der Waals surface area contributed by atoms with Crippen LogP contribution in [0.3, 0.4) is 0 Å². The second-order valence-electron chi connectivity index (χ2n) is 4.51. The number of hydrogen-bond donors (Lipinski definition) is 2. The molecule has 0 unspecified atom stereocenters. The van der Waals surface area contributed by atoms with Crippen LogP contribution in [0.4, 0.5) is 0 Å². The first kappa shape index (κ1) is 14.2. The summed E-state index contributed by atoms with van der Waals surface area (Å²) < 4.78 is 4.78. The van der Waals surface area contributed by atoms with E-state index in [-0.39, 0.29) is 0 Å². The van der Waals surface area contributed by atoms with Gasteiger partial charge in [0, 0.05) is 20.0 Å². The number of aromatic nitrogens is 2. The van der Waals surface area contributed by atoms with Gasteiger partial charge in [-0.15, -0.1) is 0 Å². The zero-order valence-electron chi connectivity index (χ0n) is 11.8. The lowest BCUT2D eigenvalue weighted by molar-refractivity contribution is 0.302. The van der Waals surface area contributed by atoms with Gasteiger partial charge < -0.3 is 11.1 Å². The lowest BCUT2D eigenvalue weighted by Gasteiger charge is -2.08. The molecule has 0 saturated heterocycles. The number of benzene rings is 1. The van der Waals surface area contributed by atoms with Gasteiger partial charge >= 0.3 is 0 Å². The second-order valence-corrected chi connectivity index (χ2v) is 4.51. The third-order valence-corrected chi connectivity index (χ3v) is 2.93. The van der Waals surface area contributed by atoms with Crippen LogP contribution < -0.4 is 11.1 Å². The highest BCUT2D eigenvalue weighted by Crippen LogP contribution is 2.07. The van der Waals surface area contributed by atoms with Gasteiger partial charge in [-0.2, -0.15) is 0 Å². The van der Waals surface area contributed by atoms with Crippen LogP contribution >= 0.6 is 0 Å². The Morgan fingerprint density at radius 1 is 1.40 bits per heavy atom. The van der Waals surface area contributed by atoms with Gasteiger partial charge in [0.1, 0.15) is 5.69 Å². The quantitative estimate of drug-likeness (QED) is 0.627. The van der Waals surface area contributed by atoms with E-state index in [0.717, 1.165) is 5.69 Å². The molecule has 0 aliphatic carbocycles. The van der Waals surface area contributed by atoms with Crippen LogP contribution in [-0.4, -0.2) is 29.7 Å². The van der Waals surface area contributed by atoms with Gasteiger partial charge in [0.2, 0.25) is 0 Å². The summed E-state index contributed by atoms with van der Waals surface area (Å²) in [5.74, 6) is 0.663. The SMILES string of the molecule is CN=C(NCc1cccc(C)c1)c1nonc1CCN. The normalized spacial score (nSPS) is 11.7. The molecule has 0 aliphatic rings. The van der Waals surface area contributed by atoms with Gasteiger partial charge in [-0.25, -0.2) is 4.63 Å². The summed E-state index contributed by atoms with van der Waals surface area (Å²) in [6, 6.07) is 8.29. The minimum atomic E-state index is 0.496. The molecule has 3 N–H and O–H groups in total. The second kappa shape index (κ2) is 6.81. The van der Waals surface area contributed by atoms with E-state index < -0.39 is 0 Å². The Morgan fingerprint density at radius 2 is 2.25 bits per heavy atom. The van der Waals surface area contributed by atoms with Crippen molar-refractivity contribution < 1.29 is 4.63 Å². The Bertz CT molecular complexity index is 591. The van der Waals surface area contributed by atoms with Crippen molar-refractivity contribution in [1.82, 2.24) is 15.6 Å². The number of nitrogens with zero attached hydrogens (tertiary/aromatic N) is 3. The summed E-state index contributed by atoms with van der Waals surface area (Å²) in [5.41, 5.74) is 9.31. The van der Waals surface area contributed by atoms with E-state index in [0.29, 0.717) is 31.0 Å². The van der Waals surface area contributed by atoms with Crippen molar-refractivity contribution in [2.24, 2.45) is 10.7 Å². The topological polar surface area (TPSA) is 89.3 Å². The van der Waals surface area contributed by atoms with Crippen molar-refractivity contribution in [3.8, 4) is 0 Å². The van der Waals surface area contributed by atoms with E-state index in [4.69, 9.17) is 10.4 Å². The summed E-state index contributed by atoms with van der Waals surface area (Å²) in [5, 5.41) is 11.0. The molecule has 0 aliphatic heterocycles. The number of nitrogens with one attached hydrogen (secondary N) is 1. The fourth-order valence-electron chi connectivity index (χ4n) is 1.96. The zero-order valence-corrected chi connectivity index (χ0v) is 11.8. The largest absolute Gasteiger partial charge is 0.364 e. The van der Waals surface area contributed by atoms with Crippen molar-refractivity contribution in [1.29, 1.82) is 0 Å². The Kier molecular flexibility index (Phi) is 4.84. The van der Waals surface area contributed by atoms with Crippen LogP contribution in [0.15, 0.2) is 33.9 Å². The molecule has 20 heavy (non-hydrogen) atoms. The third-order valence-electron chi connectivity index (χ3n) is 2.93. The van der Waals surface area contributed by atoms with Gasteiger partial charge in [-0.3, -0.25) is 4.99 Å². The molecule has 0 bridgehead atoms. The van der Waals surface area contributed by atoms with Gasteiger partial charge in [-0.05, 0) is 24.2 Å². The minimum Gasteiger partial charge on any atom is -0.364 e. The van der Waals surface area contributed by atoms with Crippen LogP contribution in [-0.2, 0) is 13.0 Å². The maximum Gasteiger partial charge on any atom is 0.172 e. The van der Waals surface area contributed by atoms with Crippen molar-refractivity contribution in [2.45, 2.75) is 19.9 Å². The molecule has 0 spiro atoms. The molecule has 0 radical (unpaired) electrons. The summed E-state index contributed by atoms with van der Waals surface area (Å²) >= 11 is 0. The lowest BCUT2D eigenvalue weighted by Crippen LogP contribution is -2.26. The predicted molar refractivity (Wildman–Crippen MR) is 77.5 cm³/mol. The monoisotopic (exact) mass is 273 g/mol. The maximum atomic E-state index is 5.54. The van der Waals surface area contributed by atoms with Crippen LogP contribution in [0, 0.1) is 6.92 Å². The Balaban J connectivity index is 2.08. The first-order valence-corrected chi connectivity index (χ1v) is 6.52. The summed E-state index contributed by atoms with van der Waals surface area (Å²) in [6.07, 6.45) is 0.615. The fraction of sp³-hybridized carbons (Fsp3) is 0.357. The Morgan fingerprint density at radius 3 is 2.95 bits per heavy atom. The van der Waals surface area contributed by atoms with Crippen LogP contribution in [0.25, 0.3) is 0 Å². The van der Waals surface area contributed by atoms with E-state index in [1.54, 1.807) is 7.05 Å². The van der Waals surface area contributed by atoms with E-state index in [2.05, 4.69) is 45.7 Å². The van der Waals surface area contributed by atoms with E-state index in [1.165, 1.54) is 11.1 Å². The van der Waals surface area contributed by atoms with Gasteiger partial charge in [0.25, 0.3) is 0 Å². The number of nitrogens with two attached hydrogens (primary N) is 1. The number of rotatable bonds is 5.